The summed E-state index contributed by atoms with van der Waals surface area (Å²) in [5.74, 6) is 0. The summed E-state index contributed by atoms with van der Waals surface area (Å²) in [4.78, 5) is 0. The molecule has 0 saturated carbocycles. The maximum atomic E-state index is 10.4. The van der Waals surface area contributed by atoms with Crippen molar-refractivity contribution in [2.45, 2.75) is 39.1 Å². The molecule has 0 aliphatic rings. The molecule has 116 valence electrons. The molecule has 1 N–H and O–H groups in total. The fraction of sp³-hybridized carbons (Fsp3) is 0.300. The number of rotatable bonds is 7. The van der Waals surface area contributed by atoms with E-state index >= 15 is 0 Å². The molecule has 2 atom stereocenters. The van der Waals surface area contributed by atoms with Crippen molar-refractivity contribution in [1.82, 2.24) is 0 Å². The van der Waals surface area contributed by atoms with Gasteiger partial charge >= 0.3 is 0 Å². The van der Waals surface area contributed by atoms with Gasteiger partial charge in [0.05, 0.1) is 18.8 Å². The maximum Gasteiger partial charge on any atom is 0.0839 e. The van der Waals surface area contributed by atoms with Crippen molar-refractivity contribution >= 4 is 6.08 Å². The summed E-state index contributed by atoms with van der Waals surface area (Å²) in [6.07, 6.45) is 3.95. The average Bonchev–Trinajstić information content (AvgIpc) is 2.55. The molecule has 2 nitrogen and oxygen atoms in total. The van der Waals surface area contributed by atoms with E-state index in [1.807, 2.05) is 62.4 Å². The SMILES string of the molecule is C/C=C/c1ccccc1C[C@H](O)[C@H](C)OCc1ccccc1. The van der Waals surface area contributed by atoms with Crippen molar-refractivity contribution in [2.75, 3.05) is 0 Å². The largest absolute Gasteiger partial charge is 0.390 e. The highest BCUT2D eigenvalue weighted by molar-refractivity contribution is 5.53. The van der Waals surface area contributed by atoms with Crippen LogP contribution in [-0.2, 0) is 17.8 Å². The van der Waals surface area contributed by atoms with Crippen LogP contribution in [0.3, 0.4) is 0 Å². The lowest BCUT2D eigenvalue weighted by molar-refractivity contribution is -0.0344. The van der Waals surface area contributed by atoms with E-state index < -0.39 is 6.10 Å². The molecule has 0 amide bonds. The summed E-state index contributed by atoms with van der Waals surface area (Å²) in [5.41, 5.74) is 3.42. The topological polar surface area (TPSA) is 29.5 Å². The molecule has 0 bridgehead atoms. The third-order valence-corrected chi connectivity index (χ3v) is 3.73. The van der Waals surface area contributed by atoms with Crippen molar-refractivity contribution in [3.8, 4) is 0 Å². The second kappa shape index (κ2) is 8.52. The Morgan fingerprint density at radius 2 is 1.73 bits per heavy atom. The monoisotopic (exact) mass is 296 g/mol. The number of ether oxygens (including phenoxy) is 1. The van der Waals surface area contributed by atoms with Gasteiger partial charge in [-0.3, -0.25) is 0 Å². The molecule has 0 fully saturated rings. The summed E-state index contributed by atoms with van der Waals surface area (Å²) in [7, 11) is 0. The van der Waals surface area contributed by atoms with Crippen molar-refractivity contribution in [3.05, 3.63) is 77.4 Å². The number of aliphatic hydroxyl groups is 1. The Morgan fingerprint density at radius 1 is 1.05 bits per heavy atom. The van der Waals surface area contributed by atoms with Gasteiger partial charge in [-0.15, -0.1) is 0 Å². The Balaban J connectivity index is 1.92. The normalized spacial score (nSPS) is 14.1. The van der Waals surface area contributed by atoms with Crippen LogP contribution in [0.15, 0.2) is 60.7 Å². The second-order valence-corrected chi connectivity index (χ2v) is 5.47. The zero-order valence-corrected chi connectivity index (χ0v) is 13.3. The van der Waals surface area contributed by atoms with Crippen LogP contribution < -0.4 is 0 Å². The van der Waals surface area contributed by atoms with Gasteiger partial charge in [0.15, 0.2) is 0 Å². The summed E-state index contributed by atoms with van der Waals surface area (Å²) in [6, 6.07) is 18.2. The summed E-state index contributed by atoms with van der Waals surface area (Å²) < 4.78 is 5.79. The predicted octanol–water partition coefficient (Wildman–Crippen LogP) is 4.23. The molecule has 2 aromatic rings. The van der Waals surface area contributed by atoms with Crippen molar-refractivity contribution in [2.24, 2.45) is 0 Å². The molecule has 2 aromatic carbocycles. The standard InChI is InChI=1S/C20H24O2/c1-3-9-18-12-7-8-13-19(18)14-20(21)16(2)22-15-17-10-5-4-6-11-17/h3-13,16,20-21H,14-15H2,1-2H3/b9-3+/t16-,20-/m0/s1. The summed E-state index contributed by atoms with van der Waals surface area (Å²) >= 11 is 0. The van der Waals surface area contributed by atoms with E-state index in [0.29, 0.717) is 13.0 Å². The molecule has 0 radical (unpaired) electrons. The number of hydrogen-bond acceptors (Lipinski definition) is 2. The Morgan fingerprint density at radius 3 is 2.45 bits per heavy atom. The van der Waals surface area contributed by atoms with Crippen LogP contribution in [-0.4, -0.2) is 17.3 Å². The van der Waals surface area contributed by atoms with Crippen LogP contribution in [0.4, 0.5) is 0 Å². The van der Waals surface area contributed by atoms with E-state index in [2.05, 4.69) is 18.2 Å². The minimum absolute atomic E-state index is 0.209. The summed E-state index contributed by atoms with van der Waals surface area (Å²) in [6.45, 7) is 4.44. The van der Waals surface area contributed by atoms with Crippen molar-refractivity contribution in [1.29, 1.82) is 0 Å². The average molecular weight is 296 g/mol. The van der Waals surface area contributed by atoms with E-state index in [1.165, 1.54) is 0 Å². The zero-order chi connectivity index (χ0) is 15.8. The van der Waals surface area contributed by atoms with Crippen molar-refractivity contribution in [3.63, 3.8) is 0 Å². The van der Waals surface area contributed by atoms with E-state index in [1.54, 1.807) is 0 Å². The molecule has 2 heteroatoms. The molecule has 0 heterocycles. The zero-order valence-electron chi connectivity index (χ0n) is 13.3. The molecule has 2 rings (SSSR count). The van der Waals surface area contributed by atoms with E-state index in [-0.39, 0.29) is 6.10 Å². The highest BCUT2D eigenvalue weighted by Crippen LogP contribution is 2.16. The lowest BCUT2D eigenvalue weighted by Gasteiger charge is -2.20. The van der Waals surface area contributed by atoms with Gasteiger partial charge in [-0.1, -0.05) is 66.7 Å². The van der Waals surface area contributed by atoms with Crippen LogP contribution in [0.25, 0.3) is 6.08 Å². The fourth-order valence-electron chi connectivity index (χ4n) is 2.37. The smallest absolute Gasteiger partial charge is 0.0839 e. The third kappa shape index (κ3) is 4.83. The molecule has 0 spiro atoms. The Kier molecular flexibility index (Phi) is 6.38. The van der Waals surface area contributed by atoms with Gasteiger partial charge in [-0.25, -0.2) is 0 Å². The lowest BCUT2D eigenvalue weighted by Crippen LogP contribution is -2.28. The maximum absolute atomic E-state index is 10.4. The Labute approximate surface area is 133 Å². The first-order valence-electron chi connectivity index (χ1n) is 7.75. The minimum Gasteiger partial charge on any atom is -0.390 e. The van der Waals surface area contributed by atoms with Gasteiger partial charge in [-0.05, 0) is 30.5 Å². The number of aliphatic hydroxyl groups excluding tert-OH is 1. The van der Waals surface area contributed by atoms with Gasteiger partial charge in [0.2, 0.25) is 0 Å². The first-order valence-corrected chi connectivity index (χ1v) is 7.75. The van der Waals surface area contributed by atoms with E-state index in [0.717, 1.165) is 16.7 Å². The molecule has 0 aromatic heterocycles. The third-order valence-electron chi connectivity index (χ3n) is 3.73. The first-order chi connectivity index (χ1) is 10.7. The molecule has 0 aliphatic heterocycles. The van der Waals surface area contributed by atoms with Crippen LogP contribution in [0.5, 0.6) is 0 Å². The first kappa shape index (κ1) is 16.5. The Hall–Kier alpha value is -1.90. The van der Waals surface area contributed by atoms with E-state index in [9.17, 15) is 5.11 Å². The number of benzene rings is 2. The number of allylic oxidation sites excluding steroid dienone is 1. The van der Waals surface area contributed by atoms with Crippen LogP contribution >= 0.6 is 0 Å². The molecular weight excluding hydrogens is 272 g/mol. The van der Waals surface area contributed by atoms with Crippen molar-refractivity contribution < 1.29 is 9.84 Å². The Bertz CT molecular complexity index is 590. The molecule has 0 aliphatic carbocycles. The fourth-order valence-corrected chi connectivity index (χ4v) is 2.37. The van der Waals surface area contributed by atoms with Crippen LogP contribution in [0.1, 0.15) is 30.5 Å². The van der Waals surface area contributed by atoms with Crippen LogP contribution in [0.2, 0.25) is 0 Å². The lowest BCUT2D eigenvalue weighted by atomic mass is 9.99. The molecule has 22 heavy (non-hydrogen) atoms. The summed E-state index contributed by atoms with van der Waals surface area (Å²) in [5, 5.41) is 10.4. The molecule has 0 saturated heterocycles. The van der Waals surface area contributed by atoms with Crippen LogP contribution in [0, 0.1) is 0 Å². The van der Waals surface area contributed by atoms with Gasteiger partial charge in [-0.2, -0.15) is 0 Å². The predicted molar refractivity (Wildman–Crippen MR) is 91.6 cm³/mol. The van der Waals surface area contributed by atoms with E-state index in [4.69, 9.17) is 4.74 Å². The second-order valence-electron chi connectivity index (χ2n) is 5.47. The van der Waals surface area contributed by atoms with Gasteiger partial charge in [0.1, 0.15) is 0 Å². The van der Waals surface area contributed by atoms with Gasteiger partial charge < -0.3 is 9.84 Å². The highest BCUT2D eigenvalue weighted by atomic mass is 16.5. The minimum atomic E-state index is -0.518. The van der Waals surface area contributed by atoms with Gasteiger partial charge in [0.25, 0.3) is 0 Å². The van der Waals surface area contributed by atoms with Gasteiger partial charge in [0, 0.05) is 6.42 Å². The molecule has 0 unspecified atom stereocenters. The quantitative estimate of drug-likeness (QED) is 0.828. The highest BCUT2D eigenvalue weighted by Gasteiger charge is 2.16. The number of hydrogen-bond donors (Lipinski definition) is 1. The molecular formula is C20H24O2.